The maximum absolute atomic E-state index is 12.1. The number of aromatic nitrogens is 2. The van der Waals surface area contributed by atoms with Crippen molar-refractivity contribution in [3.8, 4) is 5.75 Å². The van der Waals surface area contributed by atoms with Crippen LogP contribution in [0.1, 0.15) is 0 Å². The lowest BCUT2D eigenvalue weighted by molar-refractivity contribution is -0.274. The van der Waals surface area contributed by atoms with E-state index in [9.17, 15) is 21.6 Å². The third-order valence-corrected chi connectivity index (χ3v) is 3.35. The molecule has 1 aromatic heterocycles. The maximum atomic E-state index is 12.1. The van der Waals surface area contributed by atoms with Crippen molar-refractivity contribution in [2.45, 2.75) is 11.3 Å². The number of hydrogen-bond acceptors (Lipinski definition) is 4. The first kappa shape index (κ1) is 13.0. The number of benzene rings is 1. The summed E-state index contributed by atoms with van der Waals surface area (Å²) in [5.41, 5.74) is -0.416. The first-order chi connectivity index (χ1) is 8.18. The molecule has 1 aromatic carbocycles. The largest absolute Gasteiger partial charge is 0.573 e. The van der Waals surface area contributed by atoms with Crippen molar-refractivity contribution in [1.29, 1.82) is 0 Å². The minimum atomic E-state index is -4.89. The highest BCUT2D eigenvalue weighted by Crippen LogP contribution is 2.33. The van der Waals surface area contributed by atoms with E-state index in [2.05, 4.69) is 14.7 Å². The molecule has 1 heterocycles. The highest BCUT2D eigenvalue weighted by molar-refractivity contribution is 8.14. The van der Waals surface area contributed by atoms with Gasteiger partial charge in [0.15, 0.2) is 5.75 Å². The summed E-state index contributed by atoms with van der Waals surface area (Å²) in [5, 5.41) is 0. The van der Waals surface area contributed by atoms with Gasteiger partial charge in [0.1, 0.15) is 15.9 Å². The molecule has 0 bridgehead atoms. The van der Waals surface area contributed by atoms with E-state index in [0.717, 1.165) is 18.5 Å². The van der Waals surface area contributed by atoms with Crippen molar-refractivity contribution in [3.05, 3.63) is 18.5 Å². The average molecular weight is 301 g/mol. The monoisotopic (exact) mass is 300 g/mol. The molecule has 0 radical (unpaired) electrons. The maximum Gasteiger partial charge on any atom is 0.573 e. The predicted molar refractivity (Wildman–Crippen MR) is 55.8 cm³/mol. The first-order valence-corrected chi connectivity index (χ1v) is 6.66. The third-order valence-electron chi connectivity index (χ3n) is 1.99. The molecule has 0 saturated carbocycles. The normalized spacial score (nSPS) is 12.9. The molecule has 0 amide bonds. The van der Waals surface area contributed by atoms with Crippen molar-refractivity contribution in [3.63, 3.8) is 0 Å². The Morgan fingerprint density at radius 1 is 1.33 bits per heavy atom. The number of rotatable bonds is 2. The van der Waals surface area contributed by atoms with Crippen molar-refractivity contribution in [2.75, 3.05) is 0 Å². The lowest BCUT2D eigenvalue weighted by Crippen LogP contribution is -2.17. The quantitative estimate of drug-likeness (QED) is 0.864. The molecule has 18 heavy (non-hydrogen) atoms. The number of nitrogens with zero attached hydrogens (tertiary/aromatic N) is 1. The summed E-state index contributed by atoms with van der Waals surface area (Å²) in [5.74, 6) is -0.584. The molecular formula is C8H4ClF3N2O3S. The smallest absolute Gasteiger partial charge is 0.403 e. The minimum absolute atomic E-state index is 0.200. The summed E-state index contributed by atoms with van der Waals surface area (Å²) in [7, 11) is 1.03. The van der Waals surface area contributed by atoms with Crippen molar-refractivity contribution < 1.29 is 26.3 Å². The standard InChI is InChI=1S/C8H4ClF3N2O3S/c9-18(15,16)5-2-1-4(17-8(10,11)12)6-7(5)14-3-13-6/h1-3H,(H,13,14). The minimum Gasteiger partial charge on any atom is -0.403 e. The molecule has 0 spiro atoms. The van der Waals surface area contributed by atoms with Crippen LogP contribution in [0.2, 0.25) is 0 Å². The number of fused-ring (bicyclic) bond motifs is 1. The molecule has 0 aliphatic heterocycles. The molecular weight excluding hydrogens is 297 g/mol. The van der Waals surface area contributed by atoms with E-state index in [4.69, 9.17) is 10.7 Å². The second-order valence-corrected chi connectivity index (χ2v) is 5.71. The number of nitrogens with one attached hydrogen (secondary N) is 1. The van der Waals surface area contributed by atoms with Crippen LogP contribution in [0.25, 0.3) is 11.0 Å². The van der Waals surface area contributed by atoms with Gasteiger partial charge >= 0.3 is 6.36 Å². The molecule has 0 unspecified atom stereocenters. The summed E-state index contributed by atoms with van der Waals surface area (Å²) in [6.07, 6.45) is -3.85. The van der Waals surface area contributed by atoms with E-state index >= 15 is 0 Å². The summed E-state index contributed by atoms with van der Waals surface area (Å²) < 4.78 is 62.4. The molecule has 98 valence electrons. The van der Waals surface area contributed by atoms with Crippen LogP contribution >= 0.6 is 10.7 Å². The van der Waals surface area contributed by atoms with Crippen LogP contribution in [0.15, 0.2) is 23.4 Å². The average Bonchev–Trinajstić information content (AvgIpc) is 2.62. The van der Waals surface area contributed by atoms with Crippen LogP contribution in [0.5, 0.6) is 5.75 Å². The van der Waals surface area contributed by atoms with E-state index < -0.39 is 26.1 Å². The van der Waals surface area contributed by atoms with Gasteiger partial charge in [-0.25, -0.2) is 13.4 Å². The Kier molecular flexibility index (Phi) is 2.90. The van der Waals surface area contributed by atoms with Gasteiger partial charge in [-0.15, -0.1) is 13.2 Å². The van der Waals surface area contributed by atoms with E-state index in [0.29, 0.717) is 0 Å². The number of alkyl halides is 3. The zero-order valence-corrected chi connectivity index (χ0v) is 9.90. The fourth-order valence-corrected chi connectivity index (χ4v) is 2.38. The number of aromatic amines is 1. The van der Waals surface area contributed by atoms with Crippen LogP contribution in [0, 0.1) is 0 Å². The lowest BCUT2D eigenvalue weighted by Gasteiger charge is -2.10. The van der Waals surface area contributed by atoms with Gasteiger partial charge in [0.25, 0.3) is 9.05 Å². The van der Waals surface area contributed by atoms with Crippen LogP contribution in [0.3, 0.4) is 0 Å². The Morgan fingerprint density at radius 2 is 2.00 bits per heavy atom. The Balaban J connectivity index is 2.65. The van der Waals surface area contributed by atoms with Crippen LogP contribution < -0.4 is 4.74 Å². The fraction of sp³-hybridized carbons (Fsp3) is 0.125. The lowest BCUT2D eigenvalue weighted by atomic mass is 10.3. The fourth-order valence-electron chi connectivity index (χ4n) is 1.39. The number of halogens is 4. The van der Waals surface area contributed by atoms with E-state index in [1.165, 1.54) is 0 Å². The summed E-state index contributed by atoms with van der Waals surface area (Å²) in [4.78, 5) is 5.58. The van der Waals surface area contributed by atoms with E-state index in [1.807, 2.05) is 0 Å². The zero-order chi connectivity index (χ0) is 13.6. The van der Waals surface area contributed by atoms with Gasteiger partial charge in [0, 0.05) is 10.7 Å². The van der Waals surface area contributed by atoms with Gasteiger partial charge in [-0.3, -0.25) is 0 Å². The highest BCUT2D eigenvalue weighted by atomic mass is 35.7. The molecule has 0 aliphatic carbocycles. The van der Waals surface area contributed by atoms with Crippen LogP contribution in [-0.4, -0.2) is 24.7 Å². The van der Waals surface area contributed by atoms with Crippen molar-refractivity contribution in [2.24, 2.45) is 0 Å². The molecule has 0 fully saturated rings. The first-order valence-electron chi connectivity index (χ1n) is 4.35. The molecule has 1 N–H and O–H groups in total. The van der Waals surface area contributed by atoms with Crippen molar-refractivity contribution >= 4 is 30.8 Å². The number of imidazole rings is 1. The summed E-state index contributed by atoms with van der Waals surface area (Å²) in [6.45, 7) is 0. The Hall–Kier alpha value is -1.48. The molecule has 10 heteroatoms. The third kappa shape index (κ3) is 2.51. The van der Waals surface area contributed by atoms with Gasteiger partial charge in [-0.05, 0) is 12.1 Å². The van der Waals surface area contributed by atoms with Crippen LogP contribution in [-0.2, 0) is 9.05 Å². The number of H-pyrrole nitrogens is 1. The van der Waals surface area contributed by atoms with Gasteiger partial charge < -0.3 is 9.72 Å². The number of hydrogen-bond donors (Lipinski definition) is 1. The summed E-state index contributed by atoms with van der Waals surface area (Å²) in [6, 6.07) is 1.75. The van der Waals surface area contributed by atoms with Gasteiger partial charge in [-0.1, -0.05) is 0 Å². The predicted octanol–water partition coefficient (Wildman–Crippen LogP) is 2.39. The molecule has 5 nitrogen and oxygen atoms in total. The topological polar surface area (TPSA) is 72.1 Å². The second kappa shape index (κ2) is 4.02. The highest BCUT2D eigenvalue weighted by Gasteiger charge is 2.32. The Morgan fingerprint density at radius 3 is 2.56 bits per heavy atom. The van der Waals surface area contributed by atoms with Gasteiger partial charge in [0.2, 0.25) is 0 Å². The molecule has 0 aliphatic rings. The second-order valence-electron chi connectivity index (χ2n) is 3.17. The van der Waals surface area contributed by atoms with E-state index in [-0.39, 0.29) is 11.0 Å². The van der Waals surface area contributed by atoms with Gasteiger partial charge in [-0.2, -0.15) is 0 Å². The van der Waals surface area contributed by atoms with Crippen LogP contribution in [0.4, 0.5) is 13.2 Å². The summed E-state index contributed by atoms with van der Waals surface area (Å²) >= 11 is 0. The van der Waals surface area contributed by atoms with Crippen molar-refractivity contribution in [1.82, 2.24) is 9.97 Å². The Bertz CT molecular complexity index is 695. The van der Waals surface area contributed by atoms with E-state index in [1.54, 1.807) is 0 Å². The molecule has 2 rings (SSSR count). The zero-order valence-electron chi connectivity index (χ0n) is 8.32. The molecule has 2 aromatic rings. The Labute approximate surface area is 103 Å². The van der Waals surface area contributed by atoms with Gasteiger partial charge in [0.05, 0.1) is 6.33 Å². The molecule has 0 atom stereocenters. The number of ether oxygens (including phenoxy) is 1. The SMILES string of the molecule is O=S(=O)(Cl)c1ccc(OC(F)(F)F)c2[nH]cnc12. The molecule has 0 saturated heterocycles.